The van der Waals surface area contributed by atoms with Crippen LogP contribution in [0.5, 0.6) is 0 Å². The van der Waals surface area contributed by atoms with Crippen LogP contribution in [0.15, 0.2) is 11.4 Å². The van der Waals surface area contributed by atoms with Crippen LogP contribution in [0.4, 0.5) is 0 Å². The van der Waals surface area contributed by atoms with Crippen molar-refractivity contribution in [2.75, 3.05) is 6.26 Å². The Morgan fingerprint density at radius 3 is 2.56 bits per heavy atom. The first-order valence-electron chi connectivity index (χ1n) is 5.50. The van der Waals surface area contributed by atoms with E-state index in [0.29, 0.717) is 10.3 Å². The van der Waals surface area contributed by atoms with Crippen molar-refractivity contribution in [1.82, 2.24) is 14.7 Å². The highest BCUT2D eigenvalue weighted by molar-refractivity contribution is 7.98. The molecule has 0 bridgehead atoms. The molecular formula is C11H18ClN3OS2. The zero-order valence-corrected chi connectivity index (χ0v) is 13.5. The third-order valence-corrected chi connectivity index (χ3v) is 4.78. The number of nitrogens with one attached hydrogen (secondary N) is 1. The summed E-state index contributed by atoms with van der Waals surface area (Å²) in [7, 11) is 0. The highest BCUT2D eigenvalue weighted by atomic mass is 35.5. The van der Waals surface area contributed by atoms with Gasteiger partial charge < -0.3 is 4.55 Å². The Bertz CT molecular complexity index is 412. The van der Waals surface area contributed by atoms with Crippen molar-refractivity contribution >= 4 is 34.7 Å². The molecule has 0 fully saturated rings. The van der Waals surface area contributed by atoms with Crippen molar-refractivity contribution in [3.05, 3.63) is 16.9 Å². The zero-order valence-electron chi connectivity index (χ0n) is 11.2. The monoisotopic (exact) mass is 307 g/mol. The van der Waals surface area contributed by atoms with Gasteiger partial charge in [0, 0.05) is 23.1 Å². The average Bonchev–Trinajstić information content (AvgIpc) is 2.27. The molecule has 102 valence electrons. The van der Waals surface area contributed by atoms with Gasteiger partial charge in [-0.05, 0) is 34.0 Å². The molecular weight excluding hydrogens is 290 g/mol. The second-order valence-electron chi connectivity index (χ2n) is 4.82. The highest BCUT2D eigenvalue weighted by Crippen LogP contribution is 2.24. The summed E-state index contributed by atoms with van der Waals surface area (Å²) in [6.07, 6.45) is 3.57. The van der Waals surface area contributed by atoms with Crippen LogP contribution in [0.3, 0.4) is 0 Å². The third-order valence-electron chi connectivity index (χ3n) is 2.24. The van der Waals surface area contributed by atoms with Gasteiger partial charge in [-0.3, -0.25) is 0 Å². The fourth-order valence-corrected chi connectivity index (χ4v) is 2.63. The molecule has 1 aromatic rings. The number of nitrogens with zero attached hydrogens (tertiary/aromatic N) is 2. The first-order valence-corrected chi connectivity index (χ1v) is 8.25. The molecule has 0 saturated heterocycles. The van der Waals surface area contributed by atoms with Crippen molar-refractivity contribution in [3.63, 3.8) is 0 Å². The molecule has 0 aliphatic rings. The fourth-order valence-electron chi connectivity index (χ4n) is 1.15. The largest absolute Gasteiger partial charge is 0.598 e. The van der Waals surface area contributed by atoms with Crippen LogP contribution >= 0.6 is 23.4 Å². The predicted molar refractivity (Wildman–Crippen MR) is 78.3 cm³/mol. The van der Waals surface area contributed by atoms with Crippen molar-refractivity contribution in [2.24, 2.45) is 0 Å². The molecule has 1 aromatic heterocycles. The van der Waals surface area contributed by atoms with Gasteiger partial charge in [0.25, 0.3) is 0 Å². The van der Waals surface area contributed by atoms with Crippen LogP contribution in [0.25, 0.3) is 0 Å². The van der Waals surface area contributed by atoms with E-state index in [1.165, 1.54) is 11.8 Å². The summed E-state index contributed by atoms with van der Waals surface area (Å²) >= 11 is 6.38. The van der Waals surface area contributed by atoms with Gasteiger partial charge >= 0.3 is 0 Å². The predicted octanol–water partition coefficient (Wildman–Crippen LogP) is 2.96. The number of rotatable bonds is 4. The summed E-state index contributed by atoms with van der Waals surface area (Å²) in [5, 5.41) is 1.04. The highest BCUT2D eigenvalue weighted by Gasteiger charge is 2.29. The van der Waals surface area contributed by atoms with Crippen LogP contribution in [-0.2, 0) is 11.4 Å². The van der Waals surface area contributed by atoms with Gasteiger partial charge in [-0.25, -0.2) is 9.97 Å². The van der Waals surface area contributed by atoms with Crippen LogP contribution in [-0.4, -0.2) is 25.5 Å². The molecule has 0 aliphatic heterocycles. The molecule has 4 nitrogen and oxygen atoms in total. The van der Waals surface area contributed by atoms with Crippen molar-refractivity contribution < 1.29 is 4.55 Å². The summed E-state index contributed by atoms with van der Waals surface area (Å²) < 4.78 is 14.7. The van der Waals surface area contributed by atoms with Crippen LogP contribution in [0.2, 0.25) is 5.15 Å². The molecule has 0 spiro atoms. The second kappa shape index (κ2) is 6.43. The zero-order chi connectivity index (χ0) is 13.9. The first-order chi connectivity index (χ1) is 8.25. The average molecular weight is 308 g/mol. The van der Waals surface area contributed by atoms with Crippen molar-refractivity contribution in [2.45, 2.75) is 43.6 Å². The molecule has 0 aromatic carbocycles. The topological polar surface area (TPSA) is 60.9 Å². The fraction of sp³-hybridized carbons (Fsp3) is 0.636. The number of hydrogen-bond acceptors (Lipinski definition) is 5. The number of aromatic nitrogens is 2. The van der Waals surface area contributed by atoms with E-state index >= 15 is 0 Å². The Morgan fingerprint density at radius 1 is 1.50 bits per heavy atom. The van der Waals surface area contributed by atoms with Gasteiger partial charge in [-0.2, -0.15) is 0 Å². The summed E-state index contributed by atoms with van der Waals surface area (Å²) in [4.78, 5) is 8.34. The van der Waals surface area contributed by atoms with E-state index in [9.17, 15) is 4.55 Å². The Morgan fingerprint density at radius 2 is 2.11 bits per heavy atom. The molecule has 2 unspecified atom stereocenters. The van der Waals surface area contributed by atoms with Crippen LogP contribution < -0.4 is 4.72 Å². The van der Waals surface area contributed by atoms with E-state index in [0.717, 1.165) is 5.56 Å². The Balaban J connectivity index is 2.81. The maximum Gasteiger partial charge on any atom is 0.188 e. The summed E-state index contributed by atoms with van der Waals surface area (Å²) in [6, 6.07) is -0.159. The Kier molecular flexibility index (Phi) is 5.73. The first kappa shape index (κ1) is 16.0. The minimum Gasteiger partial charge on any atom is -0.598 e. The molecule has 0 radical (unpaired) electrons. The smallest absolute Gasteiger partial charge is 0.188 e. The van der Waals surface area contributed by atoms with E-state index in [1.54, 1.807) is 6.20 Å². The lowest BCUT2D eigenvalue weighted by Gasteiger charge is -2.26. The number of thioether (sulfide) groups is 1. The van der Waals surface area contributed by atoms with E-state index in [-0.39, 0.29) is 10.8 Å². The van der Waals surface area contributed by atoms with E-state index < -0.39 is 11.4 Å². The lowest BCUT2D eigenvalue weighted by atomic mass is 10.2. The maximum absolute atomic E-state index is 12.0. The van der Waals surface area contributed by atoms with E-state index in [4.69, 9.17) is 11.6 Å². The van der Waals surface area contributed by atoms with Gasteiger partial charge in [0.05, 0.1) is 6.04 Å². The quantitative estimate of drug-likeness (QED) is 0.401. The SMILES string of the molecule is CSc1ncc(C(C)N[S+]([O-])C(C)(C)C)c(Cl)n1. The molecule has 0 saturated carbocycles. The summed E-state index contributed by atoms with van der Waals surface area (Å²) in [5.74, 6) is 0. The molecule has 2 atom stereocenters. The minimum atomic E-state index is -1.15. The van der Waals surface area contributed by atoms with E-state index in [2.05, 4.69) is 14.7 Å². The van der Waals surface area contributed by atoms with Gasteiger partial charge in [0.1, 0.15) is 9.90 Å². The molecule has 7 heteroatoms. The Hall–Kier alpha value is -0.0100. The van der Waals surface area contributed by atoms with Crippen molar-refractivity contribution in [1.29, 1.82) is 0 Å². The minimum absolute atomic E-state index is 0.159. The van der Waals surface area contributed by atoms with Gasteiger partial charge in [-0.15, -0.1) is 4.72 Å². The normalized spacial score (nSPS) is 15.5. The van der Waals surface area contributed by atoms with Gasteiger partial charge in [-0.1, -0.05) is 23.4 Å². The molecule has 18 heavy (non-hydrogen) atoms. The standard InChI is InChI=1S/C11H18ClN3OS2/c1-7(15-18(16)11(2,3)4)8-6-13-10(17-5)14-9(8)12/h6-7,15H,1-5H3. The molecule has 0 amide bonds. The maximum atomic E-state index is 12.0. The molecule has 0 aliphatic carbocycles. The number of halogens is 1. The third kappa shape index (κ3) is 4.28. The van der Waals surface area contributed by atoms with Crippen LogP contribution in [0.1, 0.15) is 39.3 Å². The van der Waals surface area contributed by atoms with Crippen LogP contribution in [0, 0.1) is 0 Å². The summed E-state index contributed by atoms with van der Waals surface area (Å²) in [5.41, 5.74) is 0.757. The van der Waals surface area contributed by atoms with Crippen molar-refractivity contribution in [3.8, 4) is 0 Å². The lowest BCUT2D eigenvalue weighted by Crippen LogP contribution is -2.40. The lowest BCUT2D eigenvalue weighted by molar-refractivity contribution is 0.530. The molecule has 1 heterocycles. The van der Waals surface area contributed by atoms with E-state index in [1.807, 2.05) is 34.0 Å². The molecule has 1 rings (SSSR count). The summed E-state index contributed by atoms with van der Waals surface area (Å²) in [6.45, 7) is 7.64. The van der Waals surface area contributed by atoms with Gasteiger partial charge in [0.2, 0.25) is 0 Å². The molecule has 1 N–H and O–H groups in total. The second-order valence-corrected chi connectivity index (χ2v) is 7.95. The van der Waals surface area contributed by atoms with Gasteiger partial charge in [0.15, 0.2) is 5.16 Å². The Labute approximate surface area is 121 Å². The number of hydrogen-bond donors (Lipinski definition) is 1.